The lowest BCUT2D eigenvalue weighted by Gasteiger charge is -2.14. The van der Waals surface area contributed by atoms with E-state index < -0.39 is 16.7 Å². The van der Waals surface area contributed by atoms with Gasteiger partial charge in [0.05, 0.1) is 10.6 Å². The number of hydrogen-bond acceptors (Lipinski definition) is 5. The van der Waals surface area contributed by atoms with Gasteiger partial charge in [0.25, 0.3) is 17.5 Å². The molecule has 0 spiro atoms. The van der Waals surface area contributed by atoms with Crippen LogP contribution in [0.3, 0.4) is 0 Å². The van der Waals surface area contributed by atoms with Gasteiger partial charge in [0.1, 0.15) is 17.1 Å². The van der Waals surface area contributed by atoms with E-state index in [0.29, 0.717) is 22.8 Å². The zero-order valence-electron chi connectivity index (χ0n) is 15.3. The van der Waals surface area contributed by atoms with Crippen molar-refractivity contribution in [2.75, 3.05) is 5.01 Å². The second kappa shape index (κ2) is 7.08. The number of furan rings is 1. The van der Waals surface area contributed by atoms with Crippen molar-refractivity contribution in [1.29, 1.82) is 0 Å². The average Bonchev–Trinajstić information content (AvgIpc) is 3.28. The van der Waals surface area contributed by atoms with Crippen LogP contribution in [0.2, 0.25) is 0 Å². The molecular weight excluding hydrogens is 374 g/mol. The third kappa shape index (κ3) is 3.51. The Hall–Kier alpha value is -4.20. The molecule has 1 aliphatic rings. The van der Waals surface area contributed by atoms with Crippen LogP contribution in [-0.4, -0.2) is 16.7 Å². The molecule has 0 bridgehead atoms. The van der Waals surface area contributed by atoms with Crippen molar-refractivity contribution in [3.05, 3.63) is 87.7 Å². The summed E-state index contributed by atoms with van der Waals surface area (Å²) in [5, 5.41) is 12.0. The molecule has 0 aliphatic carbocycles. The fraction of sp³-hybridized carbons (Fsp3) is 0.0476. The molecule has 1 saturated heterocycles. The average molecular weight is 389 g/mol. The summed E-state index contributed by atoms with van der Waals surface area (Å²) in [6.07, 6.45) is 1.38. The monoisotopic (exact) mass is 389 g/mol. The number of rotatable bonds is 4. The van der Waals surface area contributed by atoms with E-state index in [1.807, 2.05) is 13.0 Å². The van der Waals surface area contributed by atoms with Crippen molar-refractivity contribution in [3.8, 4) is 11.3 Å². The van der Waals surface area contributed by atoms with E-state index in [2.05, 4.69) is 5.43 Å². The Labute approximate surface area is 165 Å². The number of hydrogen-bond donors (Lipinski definition) is 1. The number of amides is 2. The Morgan fingerprint density at radius 3 is 2.52 bits per heavy atom. The van der Waals surface area contributed by atoms with Crippen LogP contribution < -0.4 is 10.4 Å². The predicted molar refractivity (Wildman–Crippen MR) is 106 cm³/mol. The van der Waals surface area contributed by atoms with E-state index in [1.54, 1.807) is 42.5 Å². The number of benzene rings is 2. The SMILES string of the molecule is Cc1cccc(N2NC(=O)/C(=C/c3ccc(-c4ccc([N+](=O)[O-])cc4)o3)C2=O)c1. The highest BCUT2D eigenvalue weighted by atomic mass is 16.6. The first kappa shape index (κ1) is 18.2. The van der Waals surface area contributed by atoms with Gasteiger partial charge in [0, 0.05) is 17.7 Å². The Morgan fingerprint density at radius 2 is 1.83 bits per heavy atom. The van der Waals surface area contributed by atoms with Gasteiger partial charge in [-0.05, 0) is 55.0 Å². The number of nitro groups is 1. The number of aryl methyl sites for hydroxylation is 1. The molecule has 29 heavy (non-hydrogen) atoms. The summed E-state index contributed by atoms with van der Waals surface area (Å²) in [4.78, 5) is 35.2. The lowest BCUT2D eigenvalue weighted by atomic mass is 10.1. The van der Waals surface area contributed by atoms with Crippen LogP contribution in [0.5, 0.6) is 0 Å². The summed E-state index contributed by atoms with van der Waals surface area (Å²) in [6.45, 7) is 1.89. The first-order chi connectivity index (χ1) is 13.9. The number of nitrogens with one attached hydrogen (secondary N) is 1. The van der Waals surface area contributed by atoms with Crippen LogP contribution in [0.4, 0.5) is 11.4 Å². The quantitative estimate of drug-likeness (QED) is 0.317. The standard InChI is InChI=1S/C21H15N3O5/c1-13-3-2-4-16(11-13)23-21(26)18(20(25)22-23)12-17-9-10-19(29-17)14-5-7-15(8-6-14)24(27)28/h2-12H,1H3,(H,22,25)/b18-12-. The lowest BCUT2D eigenvalue weighted by Crippen LogP contribution is -2.35. The molecule has 8 heteroatoms. The fourth-order valence-electron chi connectivity index (χ4n) is 2.98. The van der Waals surface area contributed by atoms with Crippen LogP contribution in [-0.2, 0) is 9.59 Å². The van der Waals surface area contributed by atoms with Crippen molar-refractivity contribution in [1.82, 2.24) is 5.43 Å². The van der Waals surface area contributed by atoms with Gasteiger partial charge in [-0.1, -0.05) is 12.1 Å². The smallest absolute Gasteiger partial charge is 0.282 e. The molecule has 1 N–H and O–H groups in total. The molecule has 0 saturated carbocycles. The molecular formula is C21H15N3O5. The number of carbonyl (C=O) groups excluding carboxylic acids is 2. The maximum absolute atomic E-state index is 12.7. The normalized spacial score (nSPS) is 15.1. The van der Waals surface area contributed by atoms with Gasteiger partial charge < -0.3 is 4.42 Å². The lowest BCUT2D eigenvalue weighted by molar-refractivity contribution is -0.384. The van der Waals surface area contributed by atoms with Gasteiger partial charge in [-0.3, -0.25) is 25.1 Å². The molecule has 0 radical (unpaired) electrons. The number of anilines is 1. The second-order valence-electron chi connectivity index (χ2n) is 6.48. The molecule has 0 unspecified atom stereocenters. The number of hydrazine groups is 1. The van der Waals surface area contributed by atoms with Crippen LogP contribution in [0, 0.1) is 17.0 Å². The maximum Gasteiger partial charge on any atom is 0.282 e. The van der Waals surface area contributed by atoms with E-state index in [0.717, 1.165) is 5.56 Å². The number of non-ortho nitro benzene ring substituents is 1. The van der Waals surface area contributed by atoms with Gasteiger partial charge in [0.15, 0.2) is 0 Å². The summed E-state index contributed by atoms with van der Waals surface area (Å²) in [5.74, 6) is -0.213. The van der Waals surface area contributed by atoms with Gasteiger partial charge in [-0.15, -0.1) is 0 Å². The van der Waals surface area contributed by atoms with E-state index in [-0.39, 0.29) is 11.3 Å². The minimum absolute atomic E-state index is 0.0212. The van der Waals surface area contributed by atoms with Crippen molar-refractivity contribution < 1.29 is 18.9 Å². The summed E-state index contributed by atoms with van der Waals surface area (Å²) >= 11 is 0. The molecule has 1 aliphatic heterocycles. The molecule has 2 aromatic carbocycles. The largest absolute Gasteiger partial charge is 0.457 e. The zero-order valence-corrected chi connectivity index (χ0v) is 15.3. The Kier molecular flexibility index (Phi) is 4.44. The molecule has 1 fully saturated rings. The molecule has 144 valence electrons. The van der Waals surface area contributed by atoms with E-state index in [4.69, 9.17) is 4.42 Å². The van der Waals surface area contributed by atoms with Gasteiger partial charge in [-0.25, -0.2) is 5.01 Å². The van der Waals surface area contributed by atoms with Crippen LogP contribution in [0.25, 0.3) is 17.4 Å². The van der Waals surface area contributed by atoms with Crippen LogP contribution >= 0.6 is 0 Å². The first-order valence-electron chi connectivity index (χ1n) is 8.71. The highest BCUT2D eigenvalue weighted by Gasteiger charge is 2.34. The van der Waals surface area contributed by atoms with Crippen LogP contribution in [0.1, 0.15) is 11.3 Å². The molecule has 2 heterocycles. The van der Waals surface area contributed by atoms with Crippen molar-refractivity contribution in [2.45, 2.75) is 6.92 Å². The van der Waals surface area contributed by atoms with Crippen LogP contribution in [0.15, 0.2) is 70.7 Å². The Balaban J connectivity index is 1.59. The highest BCUT2D eigenvalue weighted by molar-refractivity contribution is 6.31. The summed E-state index contributed by atoms with van der Waals surface area (Å²) in [7, 11) is 0. The second-order valence-corrected chi connectivity index (χ2v) is 6.48. The number of carbonyl (C=O) groups is 2. The minimum Gasteiger partial charge on any atom is -0.457 e. The van der Waals surface area contributed by atoms with E-state index in [9.17, 15) is 19.7 Å². The van der Waals surface area contributed by atoms with Gasteiger partial charge in [-0.2, -0.15) is 0 Å². The van der Waals surface area contributed by atoms with Crippen molar-refractivity contribution >= 4 is 29.3 Å². The topological polar surface area (TPSA) is 106 Å². The first-order valence-corrected chi connectivity index (χ1v) is 8.71. The Morgan fingerprint density at radius 1 is 1.07 bits per heavy atom. The summed E-state index contributed by atoms with van der Waals surface area (Å²) in [5.41, 5.74) is 4.65. The Bertz CT molecular complexity index is 1160. The minimum atomic E-state index is -0.523. The van der Waals surface area contributed by atoms with Crippen molar-refractivity contribution in [2.24, 2.45) is 0 Å². The molecule has 0 atom stereocenters. The van der Waals surface area contributed by atoms with E-state index in [1.165, 1.54) is 23.2 Å². The van der Waals surface area contributed by atoms with Gasteiger partial charge >= 0.3 is 0 Å². The van der Waals surface area contributed by atoms with Crippen molar-refractivity contribution in [3.63, 3.8) is 0 Å². The molecule has 3 aromatic rings. The molecule has 1 aromatic heterocycles. The number of nitrogens with zero attached hydrogens (tertiary/aromatic N) is 2. The zero-order chi connectivity index (χ0) is 20.5. The fourth-order valence-corrected chi connectivity index (χ4v) is 2.98. The summed E-state index contributed by atoms with van der Waals surface area (Å²) < 4.78 is 5.69. The highest BCUT2D eigenvalue weighted by Crippen LogP contribution is 2.27. The molecule has 2 amide bonds. The maximum atomic E-state index is 12.7. The predicted octanol–water partition coefficient (Wildman–Crippen LogP) is 3.62. The molecule has 8 nitrogen and oxygen atoms in total. The number of nitro benzene ring substituents is 1. The summed E-state index contributed by atoms with van der Waals surface area (Å²) in [6, 6.07) is 16.4. The van der Waals surface area contributed by atoms with Gasteiger partial charge in [0.2, 0.25) is 0 Å². The third-order valence-corrected chi connectivity index (χ3v) is 4.43. The third-order valence-electron chi connectivity index (χ3n) is 4.43. The van der Waals surface area contributed by atoms with E-state index >= 15 is 0 Å². The molecule has 4 rings (SSSR count).